The predicted molar refractivity (Wildman–Crippen MR) is 81.8 cm³/mol. The van der Waals surface area contributed by atoms with E-state index in [0.717, 1.165) is 0 Å². The Hall–Kier alpha value is -0.655. The molecule has 0 radical (unpaired) electrons. The lowest BCUT2D eigenvalue weighted by Gasteiger charge is -2.32. The molecule has 0 bridgehead atoms. The van der Waals surface area contributed by atoms with Gasteiger partial charge in [0.1, 0.15) is 5.82 Å². The third-order valence-electron chi connectivity index (χ3n) is 4.50. The minimum absolute atomic E-state index is 0.268. The first-order valence-corrected chi connectivity index (χ1v) is 7.67. The Morgan fingerprint density at radius 2 is 1.64 bits per heavy atom. The minimum Gasteiger partial charge on any atom is -0.399 e. The maximum absolute atomic E-state index is 14.3. The van der Waals surface area contributed by atoms with Crippen LogP contribution in [-0.2, 0) is 18.8 Å². The van der Waals surface area contributed by atoms with Crippen molar-refractivity contribution >= 4 is 24.2 Å². The van der Waals surface area contributed by atoms with E-state index in [2.05, 4.69) is 0 Å². The molecule has 4 nitrogen and oxygen atoms in total. The smallest absolute Gasteiger partial charge is 0.399 e. The van der Waals surface area contributed by atoms with Gasteiger partial charge >= 0.3 is 7.12 Å². The molecular formula is C15H19BClFO4. The molecule has 0 N–H and O–H groups in total. The van der Waals surface area contributed by atoms with Crippen LogP contribution in [0.1, 0.15) is 39.5 Å². The molecule has 0 saturated carbocycles. The number of rotatable bonds is 2. The van der Waals surface area contributed by atoms with Gasteiger partial charge in [-0.25, -0.2) is 4.39 Å². The molecule has 1 aromatic rings. The summed E-state index contributed by atoms with van der Waals surface area (Å²) in [4.78, 5) is 0. The molecule has 7 heteroatoms. The van der Waals surface area contributed by atoms with E-state index < -0.39 is 30.4 Å². The lowest BCUT2D eigenvalue weighted by molar-refractivity contribution is -0.0440. The van der Waals surface area contributed by atoms with Crippen LogP contribution in [0.5, 0.6) is 0 Å². The fourth-order valence-electron chi connectivity index (χ4n) is 2.45. The Kier molecular flexibility index (Phi) is 4.02. The van der Waals surface area contributed by atoms with E-state index in [0.29, 0.717) is 24.2 Å². The average Bonchev–Trinajstić information content (AvgIpc) is 2.97. The summed E-state index contributed by atoms with van der Waals surface area (Å²) in [7, 11) is -0.789. The Morgan fingerprint density at radius 3 is 2.18 bits per heavy atom. The summed E-state index contributed by atoms with van der Waals surface area (Å²) >= 11 is 6.12. The first kappa shape index (κ1) is 16.2. The monoisotopic (exact) mass is 328 g/mol. The second-order valence-electron chi connectivity index (χ2n) is 6.56. The normalized spacial score (nSPS) is 24.2. The third-order valence-corrected chi connectivity index (χ3v) is 4.83. The van der Waals surface area contributed by atoms with Crippen LogP contribution in [0.4, 0.5) is 4.39 Å². The van der Waals surface area contributed by atoms with E-state index in [-0.39, 0.29) is 5.02 Å². The fraction of sp³-hybridized carbons (Fsp3) is 0.600. The molecule has 22 heavy (non-hydrogen) atoms. The standard InChI is InChI=1S/C15H19BClFO4/c1-14(2)15(3,4)22-16(21-14)10-7-9(11(17)8-12(10)18)13-19-5-6-20-13/h7-8,13H,5-6H2,1-4H3. The number of hydrogen-bond donors (Lipinski definition) is 0. The van der Waals surface area contributed by atoms with Gasteiger partial charge in [-0.05, 0) is 39.8 Å². The number of halogens is 2. The summed E-state index contributed by atoms with van der Waals surface area (Å²) in [6.07, 6.45) is -0.575. The molecule has 0 spiro atoms. The van der Waals surface area contributed by atoms with Gasteiger partial charge in [-0.2, -0.15) is 0 Å². The van der Waals surface area contributed by atoms with Crippen molar-refractivity contribution in [3.05, 3.63) is 28.5 Å². The van der Waals surface area contributed by atoms with Crippen LogP contribution in [0.25, 0.3) is 0 Å². The SMILES string of the molecule is CC1(C)OB(c2cc(C3OCCO3)c(Cl)cc2F)OC1(C)C. The predicted octanol–water partition coefficient (Wildman–Crippen LogP) is 2.82. The molecule has 2 fully saturated rings. The van der Waals surface area contributed by atoms with Crippen LogP contribution >= 0.6 is 11.6 Å². The molecule has 0 atom stereocenters. The van der Waals surface area contributed by atoms with Gasteiger partial charge in [0.25, 0.3) is 0 Å². The van der Waals surface area contributed by atoms with Crippen molar-refractivity contribution < 1.29 is 23.2 Å². The first-order valence-electron chi connectivity index (χ1n) is 7.29. The highest BCUT2D eigenvalue weighted by Gasteiger charge is 2.52. The van der Waals surface area contributed by atoms with Crippen LogP contribution < -0.4 is 5.46 Å². The second-order valence-corrected chi connectivity index (χ2v) is 6.96. The largest absolute Gasteiger partial charge is 0.497 e. The Balaban J connectivity index is 1.96. The Morgan fingerprint density at radius 1 is 1.09 bits per heavy atom. The molecule has 2 saturated heterocycles. The van der Waals surface area contributed by atoms with Gasteiger partial charge in [-0.3, -0.25) is 0 Å². The lowest BCUT2D eigenvalue weighted by atomic mass is 9.78. The quantitative estimate of drug-likeness (QED) is 0.782. The molecule has 3 rings (SSSR count). The van der Waals surface area contributed by atoms with Crippen molar-refractivity contribution in [3.63, 3.8) is 0 Å². The molecule has 0 aliphatic carbocycles. The molecule has 2 heterocycles. The van der Waals surface area contributed by atoms with Crippen LogP contribution in [0, 0.1) is 5.82 Å². The van der Waals surface area contributed by atoms with Crippen molar-refractivity contribution in [1.29, 1.82) is 0 Å². The average molecular weight is 329 g/mol. The van der Waals surface area contributed by atoms with Crippen molar-refractivity contribution in [2.24, 2.45) is 0 Å². The minimum atomic E-state index is -0.789. The Labute approximate surface area is 135 Å². The summed E-state index contributed by atoms with van der Waals surface area (Å²) < 4.78 is 37.0. The zero-order valence-corrected chi connectivity index (χ0v) is 13.9. The highest BCUT2D eigenvalue weighted by atomic mass is 35.5. The Bertz CT molecular complexity index is 571. The molecular weight excluding hydrogens is 309 g/mol. The van der Waals surface area contributed by atoms with Crippen LogP contribution in [0.15, 0.2) is 12.1 Å². The van der Waals surface area contributed by atoms with E-state index in [1.54, 1.807) is 6.07 Å². The number of benzene rings is 1. The summed E-state index contributed by atoms with van der Waals surface area (Å²) in [5.41, 5.74) is -0.184. The lowest BCUT2D eigenvalue weighted by Crippen LogP contribution is -2.41. The van der Waals surface area contributed by atoms with Gasteiger partial charge in [0.2, 0.25) is 0 Å². The van der Waals surface area contributed by atoms with Crippen molar-refractivity contribution in [3.8, 4) is 0 Å². The first-order chi connectivity index (χ1) is 10.2. The van der Waals surface area contributed by atoms with Gasteiger partial charge in [-0.1, -0.05) is 11.6 Å². The highest BCUT2D eigenvalue weighted by molar-refractivity contribution is 6.62. The molecule has 2 aliphatic rings. The molecule has 0 unspecified atom stereocenters. The van der Waals surface area contributed by atoms with E-state index in [4.69, 9.17) is 30.4 Å². The summed E-state index contributed by atoms with van der Waals surface area (Å²) in [6, 6.07) is 2.86. The second kappa shape index (κ2) is 5.46. The van der Waals surface area contributed by atoms with Crippen molar-refractivity contribution in [1.82, 2.24) is 0 Å². The van der Waals surface area contributed by atoms with E-state index in [1.807, 2.05) is 27.7 Å². The third kappa shape index (κ3) is 2.67. The maximum Gasteiger partial charge on any atom is 0.497 e. The highest BCUT2D eigenvalue weighted by Crippen LogP contribution is 2.37. The summed E-state index contributed by atoms with van der Waals surface area (Å²) in [5, 5.41) is 0.268. The van der Waals surface area contributed by atoms with Crippen LogP contribution in [-0.4, -0.2) is 31.5 Å². The van der Waals surface area contributed by atoms with Gasteiger partial charge in [0.15, 0.2) is 6.29 Å². The molecule has 2 aliphatic heterocycles. The van der Waals surface area contributed by atoms with Gasteiger partial charge in [0.05, 0.1) is 29.4 Å². The van der Waals surface area contributed by atoms with Crippen LogP contribution in [0.2, 0.25) is 5.02 Å². The van der Waals surface area contributed by atoms with Gasteiger partial charge < -0.3 is 18.8 Å². The summed E-state index contributed by atoms with van der Waals surface area (Å²) in [6.45, 7) is 8.67. The zero-order valence-electron chi connectivity index (χ0n) is 13.1. The van der Waals surface area contributed by atoms with E-state index >= 15 is 0 Å². The topological polar surface area (TPSA) is 36.9 Å². The van der Waals surface area contributed by atoms with Crippen molar-refractivity contribution in [2.45, 2.75) is 45.2 Å². The van der Waals surface area contributed by atoms with Gasteiger partial charge in [0, 0.05) is 11.0 Å². The molecule has 1 aromatic carbocycles. The van der Waals surface area contributed by atoms with Gasteiger partial charge in [-0.15, -0.1) is 0 Å². The van der Waals surface area contributed by atoms with Crippen LogP contribution in [0.3, 0.4) is 0 Å². The molecule has 0 aromatic heterocycles. The fourth-order valence-corrected chi connectivity index (χ4v) is 2.69. The van der Waals surface area contributed by atoms with Crippen molar-refractivity contribution in [2.75, 3.05) is 13.2 Å². The maximum atomic E-state index is 14.3. The van der Waals surface area contributed by atoms with E-state index in [1.165, 1.54) is 6.07 Å². The number of hydrogen-bond acceptors (Lipinski definition) is 4. The molecule has 120 valence electrons. The zero-order chi connectivity index (χ0) is 16.1. The summed E-state index contributed by atoms with van der Waals surface area (Å²) in [5.74, 6) is -0.467. The van der Waals surface area contributed by atoms with E-state index in [9.17, 15) is 4.39 Å². The number of ether oxygens (including phenoxy) is 2. The molecule has 0 amide bonds.